The Bertz CT molecular complexity index is 1320. The maximum Gasteiger partial charge on any atom is 0.338 e. The van der Waals surface area contributed by atoms with E-state index in [9.17, 15) is 19.5 Å². The zero-order chi connectivity index (χ0) is 26.0. The van der Waals surface area contributed by atoms with Crippen LogP contribution in [0.1, 0.15) is 56.5 Å². The fourth-order valence-corrected chi connectivity index (χ4v) is 5.00. The fraction of sp³-hybridized carbons (Fsp3) is 0.500. The summed E-state index contributed by atoms with van der Waals surface area (Å²) in [5.41, 5.74) is 0.513. The minimum absolute atomic E-state index is 0.0300. The third kappa shape index (κ3) is 3.65. The van der Waals surface area contributed by atoms with Gasteiger partial charge in [0.1, 0.15) is 6.61 Å². The van der Waals surface area contributed by atoms with E-state index in [1.165, 1.54) is 40.9 Å². The Morgan fingerprint density at radius 3 is 2.64 bits per heavy atom. The zero-order valence-electron chi connectivity index (χ0n) is 21.6. The number of hydrogen-bond acceptors (Lipinski definition) is 7. The average molecular weight is 456 g/mol. The lowest BCUT2D eigenvalue weighted by molar-refractivity contribution is -0.128. The standard InChI is InChI=1S/C24H28N4O5/c1-15-16(3-4-17-18(15)14-33-22(17)31)19(29)13-27-10-7-24(8-11-27)9-12-28(23(24)32)20-5-6-21(30)26(2)25-20/h3-6,19,29H,7-14H2,1-2H3/t19-/m1/s1/i13D2,19D. The normalized spacial score (nSPS) is 23.6. The van der Waals surface area contributed by atoms with Crippen molar-refractivity contribution >= 4 is 17.7 Å². The highest BCUT2D eigenvalue weighted by Crippen LogP contribution is 2.43. The van der Waals surface area contributed by atoms with Gasteiger partial charge in [-0.3, -0.25) is 14.5 Å². The molecule has 1 N–H and O–H groups in total. The van der Waals surface area contributed by atoms with Crippen LogP contribution >= 0.6 is 0 Å². The number of aliphatic hydroxyl groups is 1. The molecule has 174 valence electrons. The highest BCUT2D eigenvalue weighted by atomic mass is 16.5. The zero-order valence-corrected chi connectivity index (χ0v) is 18.6. The summed E-state index contributed by atoms with van der Waals surface area (Å²) in [5.74, 6) is -0.165. The molecule has 1 aromatic carbocycles. The summed E-state index contributed by atoms with van der Waals surface area (Å²) >= 11 is 0. The van der Waals surface area contributed by atoms with Crippen molar-refractivity contribution in [1.29, 1.82) is 0 Å². The number of benzene rings is 1. The number of aryl methyl sites for hydroxylation is 1. The van der Waals surface area contributed by atoms with E-state index in [0.717, 1.165) is 0 Å². The number of hydrogen-bond donors (Lipinski definition) is 1. The number of nitrogens with zero attached hydrogens (tertiary/aromatic N) is 4. The Morgan fingerprint density at radius 2 is 1.91 bits per heavy atom. The molecule has 0 bridgehead atoms. The molecule has 0 unspecified atom stereocenters. The number of rotatable bonds is 4. The van der Waals surface area contributed by atoms with Crippen LogP contribution in [-0.4, -0.2) is 57.8 Å². The molecule has 1 spiro atoms. The topological polar surface area (TPSA) is 105 Å². The van der Waals surface area contributed by atoms with Crippen molar-refractivity contribution in [2.45, 2.75) is 38.9 Å². The maximum absolute atomic E-state index is 13.4. The molecule has 1 atom stereocenters. The lowest BCUT2D eigenvalue weighted by Gasteiger charge is -2.38. The molecule has 0 saturated carbocycles. The molecule has 0 radical (unpaired) electrons. The predicted octanol–water partition coefficient (Wildman–Crippen LogP) is 1.31. The number of likely N-dealkylation sites (tertiary alicyclic amines) is 1. The molecule has 9 heteroatoms. The number of piperidine rings is 1. The number of β-amino-alcohol motifs (C(OH)–C–C–N with tert-alkyl or cyclic N) is 1. The van der Waals surface area contributed by atoms with Crippen LogP contribution in [0.4, 0.5) is 5.82 Å². The van der Waals surface area contributed by atoms with E-state index in [1.807, 2.05) is 0 Å². The Balaban J connectivity index is 1.34. The van der Waals surface area contributed by atoms with Crippen LogP contribution in [0.15, 0.2) is 29.1 Å². The van der Waals surface area contributed by atoms with Crippen LogP contribution < -0.4 is 10.5 Å². The summed E-state index contributed by atoms with van der Waals surface area (Å²) in [5, 5.41) is 15.4. The van der Waals surface area contributed by atoms with Gasteiger partial charge in [0.05, 0.1) is 18.4 Å². The lowest BCUT2D eigenvalue weighted by atomic mass is 9.77. The van der Waals surface area contributed by atoms with E-state index in [4.69, 9.17) is 8.85 Å². The molecule has 3 aliphatic rings. The summed E-state index contributed by atoms with van der Waals surface area (Å²) in [6.45, 7) is 0.0323. The second-order valence-corrected chi connectivity index (χ2v) is 8.93. The van der Waals surface area contributed by atoms with Gasteiger partial charge in [-0.05, 0) is 62.5 Å². The van der Waals surface area contributed by atoms with E-state index >= 15 is 0 Å². The first-order valence-electron chi connectivity index (χ1n) is 12.5. The second-order valence-electron chi connectivity index (χ2n) is 8.93. The minimum atomic E-state index is -2.62. The van der Waals surface area contributed by atoms with E-state index in [2.05, 4.69) is 5.10 Å². The van der Waals surface area contributed by atoms with Crippen molar-refractivity contribution in [2.75, 3.05) is 31.0 Å². The number of carbonyl (C=O) groups excluding carboxylic acids is 2. The van der Waals surface area contributed by atoms with Crippen LogP contribution in [0.3, 0.4) is 0 Å². The van der Waals surface area contributed by atoms with Crippen LogP contribution in [0.2, 0.25) is 0 Å². The Hall–Kier alpha value is -3.04. The van der Waals surface area contributed by atoms with Crippen molar-refractivity contribution in [3.05, 3.63) is 56.9 Å². The third-order valence-corrected chi connectivity index (χ3v) is 7.14. The Labute approximate surface area is 195 Å². The maximum atomic E-state index is 13.4. The highest BCUT2D eigenvalue weighted by Gasteiger charge is 2.49. The number of aromatic nitrogens is 2. The van der Waals surface area contributed by atoms with Gasteiger partial charge in [-0.15, -0.1) is 0 Å². The molecule has 33 heavy (non-hydrogen) atoms. The average Bonchev–Trinajstić information content (AvgIpc) is 3.37. The van der Waals surface area contributed by atoms with E-state index in [0.29, 0.717) is 48.3 Å². The van der Waals surface area contributed by atoms with Crippen molar-refractivity contribution in [3.63, 3.8) is 0 Å². The first kappa shape index (κ1) is 18.4. The molecule has 0 aliphatic carbocycles. The summed E-state index contributed by atoms with van der Waals surface area (Å²) in [7, 11) is 1.53. The Morgan fingerprint density at radius 1 is 1.18 bits per heavy atom. The SMILES string of the molecule is [2H]C([2H])(N1CCC2(CCN(c3ccc(=O)n(C)n3)C2=O)CC1)[C@@]([2H])(O)c1ccc2c(c1C)COC2=O. The molecule has 2 saturated heterocycles. The van der Waals surface area contributed by atoms with Gasteiger partial charge >= 0.3 is 5.97 Å². The van der Waals surface area contributed by atoms with Gasteiger partial charge in [0.2, 0.25) is 5.91 Å². The van der Waals surface area contributed by atoms with Gasteiger partial charge < -0.3 is 14.7 Å². The first-order valence-corrected chi connectivity index (χ1v) is 11.0. The molecule has 5 rings (SSSR count). The molecule has 3 aliphatic heterocycles. The van der Waals surface area contributed by atoms with Crippen molar-refractivity contribution < 1.29 is 23.5 Å². The van der Waals surface area contributed by atoms with Crippen molar-refractivity contribution in [1.82, 2.24) is 14.7 Å². The van der Waals surface area contributed by atoms with E-state index in [1.54, 1.807) is 11.8 Å². The summed E-state index contributed by atoms with van der Waals surface area (Å²) < 4.78 is 32.4. The highest BCUT2D eigenvalue weighted by molar-refractivity contribution is 5.99. The van der Waals surface area contributed by atoms with Crippen LogP contribution in [-0.2, 0) is 23.2 Å². The second kappa shape index (κ2) is 8.07. The number of anilines is 1. The van der Waals surface area contributed by atoms with Crippen LogP contribution in [0, 0.1) is 12.3 Å². The molecule has 2 fully saturated rings. The first-order chi connectivity index (χ1) is 16.9. The number of cyclic esters (lactones) is 1. The van der Waals surface area contributed by atoms with E-state index in [-0.39, 0.29) is 36.7 Å². The number of ether oxygens (including phenoxy) is 1. The Kier molecular flexibility index (Phi) is 4.50. The molecular weight excluding hydrogens is 424 g/mol. The molecular formula is C24H28N4O5. The number of fused-ring (bicyclic) bond motifs is 1. The predicted molar refractivity (Wildman–Crippen MR) is 120 cm³/mol. The van der Waals surface area contributed by atoms with Crippen LogP contribution in [0.5, 0.6) is 0 Å². The monoisotopic (exact) mass is 455 g/mol. The van der Waals surface area contributed by atoms with Gasteiger partial charge in [0, 0.05) is 34.5 Å². The van der Waals surface area contributed by atoms with Crippen molar-refractivity contribution in [2.24, 2.45) is 12.5 Å². The molecule has 9 nitrogen and oxygen atoms in total. The minimum Gasteiger partial charge on any atom is -0.457 e. The van der Waals surface area contributed by atoms with E-state index < -0.39 is 24.0 Å². The van der Waals surface area contributed by atoms with Gasteiger partial charge in [0.15, 0.2) is 5.82 Å². The number of carbonyl (C=O) groups is 2. The quantitative estimate of drug-likeness (QED) is 0.693. The van der Waals surface area contributed by atoms with Crippen molar-refractivity contribution in [3.8, 4) is 0 Å². The van der Waals surface area contributed by atoms with Gasteiger partial charge in [-0.25, -0.2) is 9.48 Å². The molecule has 1 aromatic heterocycles. The lowest BCUT2D eigenvalue weighted by Crippen LogP contribution is -2.46. The summed E-state index contributed by atoms with van der Waals surface area (Å²) in [6, 6.07) is 5.78. The molecule has 2 aromatic rings. The van der Waals surface area contributed by atoms with Gasteiger partial charge in [-0.1, -0.05) is 6.07 Å². The van der Waals surface area contributed by atoms with Crippen LogP contribution in [0.25, 0.3) is 0 Å². The number of amides is 1. The third-order valence-electron chi connectivity index (χ3n) is 7.14. The largest absolute Gasteiger partial charge is 0.457 e. The smallest absolute Gasteiger partial charge is 0.338 e. The van der Waals surface area contributed by atoms with Gasteiger partial charge in [-0.2, -0.15) is 5.10 Å². The summed E-state index contributed by atoms with van der Waals surface area (Å²) in [6.07, 6.45) is -1.30. The van der Waals surface area contributed by atoms with Gasteiger partial charge in [0.25, 0.3) is 5.56 Å². The molecule has 4 heterocycles. The summed E-state index contributed by atoms with van der Waals surface area (Å²) in [4.78, 5) is 39.9. The fourth-order valence-electron chi connectivity index (χ4n) is 5.00. The molecule has 1 amide bonds. The number of esters is 1.